The van der Waals surface area contributed by atoms with E-state index < -0.39 is 0 Å². The summed E-state index contributed by atoms with van der Waals surface area (Å²) in [7, 11) is 0. The van der Waals surface area contributed by atoms with E-state index in [0.717, 1.165) is 29.0 Å². The largest absolute Gasteiger partial charge is 0.454 e. The van der Waals surface area contributed by atoms with Crippen molar-refractivity contribution in [2.45, 2.75) is 46.1 Å². The number of ether oxygens (including phenoxy) is 2. The number of carbonyl (C=O) groups excluding carboxylic acids is 2. The molecule has 2 heterocycles. The number of benzene rings is 2. The molecule has 2 aromatic rings. The molecule has 0 aliphatic carbocycles. The van der Waals surface area contributed by atoms with Gasteiger partial charge in [-0.15, -0.1) is 0 Å². The molecule has 1 fully saturated rings. The van der Waals surface area contributed by atoms with Crippen LogP contribution in [0.4, 0.5) is 0 Å². The Morgan fingerprint density at radius 2 is 1.78 bits per heavy atom. The molecule has 2 aliphatic heterocycles. The highest BCUT2D eigenvalue weighted by Gasteiger charge is 2.30. The highest BCUT2D eigenvalue weighted by Crippen LogP contribution is 2.33. The Morgan fingerprint density at radius 3 is 2.53 bits per heavy atom. The third-order valence-corrected chi connectivity index (χ3v) is 6.19. The first-order valence-corrected chi connectivity index (χ1v) is 11.4. The average molecular weight is 437 g/mol. The van der Waals surface area contributed by atoms with E-state index in [2.05, 4.69) is 31.3 Å². The molecule has 2 atom stereocenters. The molecule has 0 radical (unpaired) electrons. The third kappa shape index (κ3) is 5.23. The van der Waals surface area contributed by atoms with Crippen LogP contribution in [0, 0.1) is 11.8 Å². The summed E-state index contributed by atoms with van der Waals surface area (Å²) in [6.45, 7) is 8.27. The molecule has 4 rings (SSSR count). The van der Waals surface area contributed by atoms with Crippen molar-refractivity contribution in [3.8, 4) is 11.5 Å². The van der Waals surface area contributed by atoms with Crippen molar-refractivity contribution in [2.75, 3.05) is 19.9 Å². The predicted molar refractivity (Wildman–Crippen MR) is 122 cm³/mol. The first-order valence-electron chi connectivity index (χ1n) is 11.4. The molecule has 6 heteroatoms. The van der Waals surface area contributed by atoms with Crippen LogP contribution in [0.3, 0.4) is 0 Å². The Kier molecular flexibility index (Phi) is 6.68. The van der Waals surface area contributed by atoms with Gasteiger partial charge >= 0.3 is 0 Å². The normalized spacial score (nSPS) is 18.3. The fourth-order valence-electron chi connectivity index (χ4n) is 4.37. The molecule has 2 aromatic carbocycles. The van der Waals surface area contributed by atoms with E-state index in [-0.39, 0.29) is 30.4 Å². The van der Waals surface area contributed by atoms with Gasteiger partial charge < -0.3 is 19.7 Å². The van der Waals surface area contributed by atoms with E-state index in [1.54, 1.807) is 0 Å². The monoisotopic (exact) mass is 436 g/mol. The van der Waals surface area contributed by atoms with Crippen LogP contribution in [0.1, 0.15) is 49.8 Å². The molecular formula is C26H32N2O4. The molecule has 32 heavy (non-hydrogen) atoms. The van der Waals surface area contributed by atoms with Crippen LogP contribution in [0.2, 0.25) is 0 Å². The number of hydrogen-bond acceptors (Lipinski definition) is 4. The number of fused-ring (bicyclic) bond motifs is 1. The van der Waals surface area contributed by atoms with Crippen molar-refractivity contribution in [1.29, 1.82) is 0 Å². The quantitative estimate of drug-likeness (QED) is 0.682. The van der Waals surface area contributed by atoms with Gasteiger partial charge in [0.25, 0.3) is 0 Å². The van der Waals surface area contributed by atoms with E-state index in [1.807, 2.05) is 42.2 Å². The van der Waals surface area contributed by atoms with Crippen LogP contribution in [0.15, 0.2) is 42.5 Å². The Bertz CT molecular complexity index is 970. The molecule has 1 saturated heterocycles. The van der Waals surface area contributed by atoms with Gasteiger partial charge in [-0.25, -0.2) is 0 Å². The first kappa shape index (κ1) is 22.2. The SMILES string of the molecule is CC(C)Cc1ccc(C(C)C(=O)NCC2CC(=O)N(Cc3ccc4c(c3)OCO4)C2)cc1. The van der Waals surface area contributed by atoms with Crippen LogP contribution >= 0.6 is 0 Å². The summed E-state index contributed by atoms with van der Waals surface area (Å²) >= 11 is 0. The van der Waals surface area contributed by atoms with Gasteiger partial charge in [0.05, 0.1) is 5.92 Å². The molecular weight excluding hydrogens is 404 g/mol. The maximum Gasteiger partial charge on any atom is 0.231 e. The number of nitrogens with one attached hydrogen (secondary N) is 1. The first-order chi connectivity index (χ1) is 15.4. The molecule has 6 nitrogen and oxygen atoms in total. The van der Waals surface area contributed by atoms with Gasteiger partial charge in [-0.1, -0.05) is 44.2 Å². The van der Waals surface area contributed by atoms with Gasteiger partial charge in [-0.2, -0.15) is 0 Å². The number of hydrogen-bond donors (Lipinski definition) is 1. The molecule has 0 bridgehead atoms. The summed E-state index contributed by atoms with van der Waals surface area (Å²) in [5.41, 5.74) is 3.33. The van der Waals surface area contributed by atoms with Crippen LogP contribution in [-0.4, -0.2) is 36.6 Å². The standard InChI is InChI=1S/C26H32N2O4/c1-17(2)10-19-4-7-22(8-5-19)18(3)26(30)27-13-21-12-25(29)28(15-21)14-20-6-9-23-24(11-20)32-16-31-23/h4-9,11,17-18,21H,10,12-16H2,1-3H3,(H,27,30). The minimum Gasteiger partial charge on any atom is -0.454 e. The molecule has 170 valence electrons. The van der Waals surface area contributed by atoms with Gasteiger partial charge in [0.2, 0.25) is 18.6 Å². The van der Waals surface area contributed by atoms with Crippen molar-refractivity contribution in [3.63, 3.8) is 0 Å². The summed E-state index contributed by atoms with van der Waals surface area (Å²) in [5.74, 6) is 2.11. The van der Waals surface area contributed by atoms with E-state index in [4.69, 9.17) is 9.47 Å². The Balaban J connectivity index is 1.26. The topological polar surface area (TPSA) is 67.9 Å². The fourth-order valence-corrected chi connectivity index (χ4v) is 4.37. The average Bonchev–Trinajstić information content (AvgIpc) is 3.37. The van der Waals surface area contributed by atoms with Crippen molar-refractivity contribution >= 4 is 11.8 Å². The number of rotatable bonds is 8. The zero-order valence-corrected chi connectivity index (χ0v) is 19.1. The third-order valence-electron chi connectivity index (χ3n) is 6.19. The van der Waals surface area contributed by atoms with Crippen molar-refractivity contribution < 1.29 is 19.1 Å². The summed E-state index contributed by atoms with van der Waals surface area (Å²) in [4.78, 5) is 27.0. The molecule has 2 aliphatic rings. The maximum atomic E-state index is 12.7. The van der Waals surface area contributed by atoms with E-state index >= 15 is 0 Å². The summed E-state index contributed by atoms with van der Waals surface area (Å²) < 4.78 is 10.8. The smallest absolute Gasteiger partial charge is 0.231 e. The van der Waals surface area contributed by atoms with E-state index in [1.165, 1.54) is 5.56 Å². The zero-order chi connectivity index (χ0) is 22.7. The van der Waals surface area contributed by atoms with Crippen molar-refractivity contribution in [3.05, 3.63) is 59.2 Å². The van der Waals surface area contributed by atoms with Crippen molar-refractivity contribution in [2.24, 2.45) is 11.8 Å². The fraction of sp³-hybridized carbons (Fsp3) is 0.462. The summed E-state index contributed by atoms with van der Waals surface area (Å²) in [6.07, 6.45) is 1.50. The van der Waals surface area contributed by atoms with E-state index in [9.17, 15) is 9.59 Å². The molecule has 2 amide bonds. The molecule has 0 aromatic heterocycles. The molecule has 1 N–H and O–H groups in total. The second-order valence-electron chi connectivity index (χ2n) is 9.34. The predicted octanol–water partition coefficient (Wildman–Crippen LogP) is 3.88. The lowest BCUT2D eigenvalue weighted by atomic mass is 9.96. The highest BCUT2D eigenvalue weighted by molar-refractivity contribution is 5.83. The summed E-state index contributed by atoms with van der Waals surface area (Å²) in [5, 5.41) is 3.05. The Hall–Kier alpha value is -3.02. The molecule has 2 unspecified atom stereocenters. The van der Waals surface area contributed by atoms with Crippen molar-refractivity contribution in [1.82, 2.24) is 10.2 Å². The van der Waals surface area contributed by atoms with Gasteiger partial charge in [0.15, 0.2) is 11.5 Å². The number of likely N-dealkylation sites (tertiary alicyclic amines) is 1. The van der Waals surface area contributed by atoms with Crippen LogP contribution in [-0.2, 0) is 22.6 Å². The van der Waals surface area contributed by atoms with E-state index in [0.29, 0.717) is 32.0 Å². The minimum atomic E-state index is -0.218. The van der Waals surface area contributed by atoms with Gasteiger partial charge in [0.1, 0.15) is 0 Å². The minimum absolute atomic E-state index is 0.00304. The van der Waals surface area contributed by atoms with Gasteiger partial charge in [-0.3, -0.25) is 9.59 Å². The molecule has 0 saturated carbocycles. The van der Waals surface area contributed by atoms with Crippen LogP contribution in [0.5, 0.6) is 11.5 Å². The Morgan fingerprint density at radius 1 is 1.06 bits per heavy atom. The lowest BCUT2D eigenvalue weighted by Gasteiger charge is -2.18. The second kappa shape index (κ2) is 9.63. The summed E-state index contributed by atoms with van der Waals surface area (Å²) in [6, 6.07) is 14.1. The number of amides is 2. The van der Waals surface area contributed by atoms with Crippen LogP contribution in [0.25, 0.3) is 0 Å². The Labute approximate surface area is 189 Å². The maximum absolute atomic E-state index is 12.7. The number of carbonyl (C=O) groups is 2. The number of nitrogens with zero attached hydrogens (tertiary/aromatic N) is 1. The van der Waals surface area contributed by atoms with Crippen LogP contribution < -0.4 is 14.8 Å². The van der Waals surface area contributed by atoms with Gasteiger partial charge in [0, 0.05) is 32.0 Å². The zero-order valence-electron chi connectivity index (χ0n) is 19.1. The highest BCUT2D eigenvalue weighted by atomic mass is 16.7. The lowest BCUT2D eigenvalue weighted by Crippen LogP contribution is -2.33. The molecule has 0 spiro atoms. The lowest BCUT2D eigenvalue weighted by molar-refractivity contribution is -0.128. The second-order valence-corrected chi connectivity index (χ2v) is 9.34. The van der Waals surface area contributed by atoms with Gasteiger partial charge in [-0.05, 0) is 48.1 Å².